The van der Waals surface area contributed by atoms with E-state index in [2.05, 4.69) is 36.9 Å². The fourth-order valence-electron chi connectivity index (χ4n) is 1.56. The summed E-state index contributed by atoms with van der Waals surface area (Å²) in [6.45, 7) is 6.67. The summed E-state index contributed by atoms with van der Waals surface area (Å²) in [5.41, 5.74) is 2.47. The maximum Gasteiger partial charge on any atom is 0.153 e. The molecule has 2 aromatic heterocycles. The second kappa shape index (κ2) is 3.08. The Morgan fingerprint density at radius 1 is 1.36 bits per heavy atom. The maximum absolute atomic E-state index is 4.28. The summed E-state index contributed by atoms with van der Waals surface area (Å²) in [6, 6.07) is 2.10. The summed E-state index contributed by atoms with van der Waals surface area (Å²) >= 11 is 0. The zero-order chi connectivity index (χ0) is 10.2. The molecule has 0 atom stereocenters. The third-order valence-corrected chi connectivity index (χ3v) is 2.05. The quantitative estimate of drug-likeness (QED) is 0.689. The Hall–Kier alpha value is -1.38. The molecule has 0 saturated carbocycles. The first-order valence-electron chi connectivity index (χ1n) is 4.83. The maximum atomic E-state index is 4.28. The smallest absolute Gasteiger partial charge is 0.153 e. The van der Waals surface area contributed by atoms with Crippen molar-refractivity contribution in [2.75, 3.05) is 0 Å². The zero-order valence-corrected chi connectivity index (χ0v) is 8.86. The molecule has 0 fully saturated rings. The molecule has 0 bridgehead atoms. The summed E-state index contributed by atoms with van der Waals surface area (Å²) < 4.78 is 1.78. The molecule has 0 spiro atoms. The second-order valence-corrected chi connectivity index (χ2v) is 4.83. The minimum absolute atomic E-state index is 0.298. The Morgan fingerprint density at radius 3 is 2.86 bits per heavy atom. The van der Waals surface area contributed by atoms with Crippen molar-refractivity contribution in [2.24, 2.45) is 5.41 Å². The van der Waals surface area contributed by atoms with E-state index in [1.807, 2.05) is 12.4 Å². The van der Waals surface area contributed by atoms with Crippen molar-refractivity contribution >= 4 is 5.65 Å². The van der Waals surface area contributed by atoms with Crippen molar-refractivity contribution in [3.05, 3.63) is 30.2 Å². The van der Waals surface area contributed by atoms with Gasteiger partial charge in [0.1, 0.15) is 0 Å². The molecular formula is C11H15N3. The van der Waals surface area contributed by atoms with Gasteiger partial charge in [-0.05, 0) is 23.5 Å². The molecule has 2 heterocycles. The first-order valence-corrected chi connectivity index (χ1v) is 4.83. The van der Waals surface area contributed by atoms with Crippen LogP contribution < -0.4 is 0 Å². The lowest BCUT2D eigenvalue weighted by molar-refractivity contribution is 0.410. The molecule has 0 aromatic carbocycles. The topological polar surface area (TPSA) is 30.2 Å². The van der Waals surface area contributed by atoms with Gasteiger partial charge in [0.2, 0.25) is 0 Å². The molecule has 74 valence electrons. The Bertz CT molecular complexity index is 437. The number of fused-ring (bicyclic) bond motifs is 1. The number of aromatic nitrogens is 3. The summed E-state index contributed by atoms with van der Waals surface area (Å²) in [5.74, 6) is 0. The molecule has 0 unspecified atom stereocenters. The van der Waals surface area contributed by atoms with Crippen LogP contribution in [0.5, 0.6) is 0 Å². The average molecular weight is 189 g/mol. The highest BCUT2D eigenvalue weighted by molar-refractivity contribution is 5.38. The van der Waals surface area contributed by atoms with E-state index < -0.39 is 0 Å². The van der Waals surface area contributed by atoms with Crippen LogP contribution in [0.1, 0.15) is 26.3 Å². The van der Waals surface area contributed by atoms with E-state index in [-0.39, 0.29) is 0 Å². The first-order chi connectivity index (χ1) is 6.54. The molecule has 14 heavy (non-hydrogen) atoms. The fraction of sp³-hybridized carbons (Fsp3) is 0.455. The Kier molecular flexibility index (Phi) is 2.02. The predicted octanol–water partition coefficient (Wildman–Crippen LogP) is 2.32. The molecule has 3 heteroatoms. The molecule has 3 nitrogen and oxygen atoms in total. The Morgan fingerprint density at radius 2 is 2.14 bits per heavy atom. The minimum atomic E-state index is 0.298. The molecule has 0 aliphatic rings. The van der Waals surface area contributed by atoms with E-state index in [4.69, 9.17) is 0 Å². The van der Waals surface area contributed by atoms with E-state index in [9.17, 15) is 0 Å². The summed E-state index contributed by atoms with van der Waals surface area (Å²) in [7, 11) is 0. The van der Waals surface area contributed by atoms with Crippen molar-refractivity contribution in [1.82, 2.24) is 14.6 Å². The van der Waals surface area contributed by atoms with Gasteiger partial charge >= 0.3 is 0 Å². The van der Waals surface area contributed by atoms with Crippen molar-refractivity contribution in [3.8, 4) is 0 Å². The average Bonchev–Trinajstić information content (AvgIpc) is 2.47. The van der Waals surface area contributed by atoms with Crippen LogP contribution in [0.25, 0.3) is 5.65 Å². The predicted molar refractivity (Wildman–Crippen MR) is 56.1 cm³/mol. The van der Waals surface area contributed by atoms with Gasteiger partial charge in [0.25, 0.3) is 0 Å². The van der Waals surface area contributed by atoms with Crippen molar-refractivity contribution < 1.29 is 0 Å². The van der Waals surface area contributed by atoms with E-state index in [1.165, 1.54) is 5.56 Å². The highest BCUT2D eigenvalue weighted by atomic mass is 15.2. The molecule has 0 N–H and O–H groups in total. The summed E-state index contributed by atoms with van der Waals surface area (Å²) in [6.07, 6.45) is 6.57. The number of hydrogen-bond acceptors (Lipinski definition) is 2. The van der Waals surface area contributed by atoms with Crippen molar-refractivity contribution in [1.29, 1.82) is 0 Å². The number of hydrogen-bond donors (Lipinski definition) is 0. The number of rotatable bonds is 1. The molecule has 0 aliphatic carbocycles. The van der Waals surface area contributed by atoms with E-state index in [0.29, 0.717) is 5.41 Å². The van der Waals surface area contributed by atoms with Crippen LogP contribution in [0.3, 0.4) is 0 Å². The van der Waals surface area contributed by atoms with Crippen LogP contribution in [0.15, 0.2) is 24.7 Å². The molecule has 0 amide bonds. The van der Waals surface area contributed by atoms with Gasteiger partial charge in [0, 0.05) is 12.4 Å². The standard InChI is InChI=1S/C11H15N3/c1-11(2,3)7-9-6-10-12-4-5-14(10)13-8-9/h4-6,8H,7H2,1-3H3. The highest BCUT2D eigenvalue weighted by Gasteiger charge is 2.11. The van der Waals surface area contributed by atoms with E-state index >= 15 is 0 Å². The molecule has 0 radical (unpaired) electrons. The van der Waals surface area contributed by atoms with Gasteiger partial charge in [-0.1, -0.05) is 20.8 Å². The summed E-state index contributed by atoms with van der Waals surface area (Å²) in [4.78, 5) is 4.21. The van der Waals surface area contributed by atoms with Crippen LogP contribution in [0.4, 0.5) is 0 Å². The fourth-order valence-corrected chi connectivity index (χ4v) is 1.56. The van der Waals surface area contributed by atoms with Gasteiger partial charge in [-0.15, -0.1) is 0 Å². The minimum Gasteiger partial charge on any atom is -0.236 e. The largest absolute Gasteiger partial charge is 0.236 e. The Labute approximate surface area is 83.8 Å². The van der Waals surface area contributed by atoms with Crippen molar-refractivity contribution in [2.45, 2.75) is 27.2 Å². The monoisotopic (exact) mass is 189 g/mol. The summed E-state index contributed by atoms with van der Waals surface area (Å²) in [5, 5.41) is 4.28. The lowest BCUT2D eigenvalue weighted by Crippen LogP contribution is -2.09. The highest BCUT2D eigenvalue weighted by Crippen LogP contribution is 2.20. The SMILES string of the molecule is CC(C)(C)Cc1cnn2ccnc2c1. The number of nitrogens with zero attached hydrogens (tertiary/aromatic N) is 3. The number of imidazole rings is 1. The molecule has 0 saturated heterocycles. The zero-order valence-electron chi connectivity index (χ0n) is 8.86. The molecule has 0 aliphatic heterocycles. The normalized spacial score (nSPS) is 12.2. The van der Waals surface area contributed by atoms with Gasteiger partial charge in [0.05, 0.1) is 6.20 Å². The van der Waals surface area contributed by atoms with Gasteiger partial charge in [-0.3, -0.25) is 0 Å². The van der Waals surface area contributed by atoms with Crippen LogP contribution in [0.2, 0.25) is 0 Å². The van der Waals surface area contributed by atoms with E-state index in [0.717, 1.165) is 12.1 Å². The second-order valence-electron chi connectivity index (χ2n) is 4.83. The molecule has 2 aromatic rings. The molecule has 2 rings (SSSR count). The van der Waals surface area contributed by atoms with Gasteiger partial charge in [-0.2, -0.15) is 5.10 Å². The third-order valence-electron chi connectivity index (χ3n) is 2.05. The van der Waals surface area contributed by atoms with Crippen LogP contribution in [-0.2, 0) is 6.42 Å². The molecular weight excluding hydrogens is 174 g/mol. The lowest BCUT2D eigenvalue weighted by Gasteiger charge is -2.17. The van der Waals surface area contributed by atoms with Gasteiger partial charge < -0.3 is 0 Å². The lowest BCUT2D eigenvalue weighted by atomic mass is 9.89. The van der Waals surface area contributed by atoms with Crippen LogP contribution in [0, 0.1) is 5.41 Å². The van der Waals surface area contributed by atoms with Crippen LogP contribution >= 0.6 is 0 Å². The van der Waals surface area contributed by atoms with E-state index in [1.54, 1.807) is 10.7 Å². The van der Waals surface area contributed by atoms with Crippen molar-refractivity contribution in [3.63, 3.8) is 0 Å². The van der Waals surface area contributed by atoms with Crippen LogP contribution in [-0.4, -0.2) is 14.6 Å². The van der Waals surface area contributed by atoms with Gasteiger partial charge in [0.15, 0.2) is 5.65 Å². The third kappa shape index (κ3) is 1.92. The van der Waals surface area contributed by atoms with Gasteiger partial charge in [-0.25, -0.2) is 9.50 Å². The first kappa shape index (κ1) is 9.19. The Balaban J connectivity index is 2.35.